The number of nitrogens with zero attached hydrogens (tertiary/aromatic N) is 2. The molecule has 58 heavy (non-hydrogen) atoms. The van der Waals surface area contributed by atoms with Gasteiger partial charge in [-0.15, -0.1) is 0 Å². The first-order valence-electron chi connectivity index (χ1n) is 19.2. The average Bonchev–Trinajstić information content (AvgIpc) is 3.66. The van der Waals surface area contributed by atoms with E-state index in [9.17, 15) is 18.3 Å². The number of nitrogens with one attached hydrogen (secondary N) is 2. The number of carbonyl (C=O) groups is 1. The quantitative estimate of drug-likeness (QED) is 0.108. The molecule has 0 radical (unpaired) electrons. The van der Waals surface area contributed by atoms with Crippen molar-refractivity contribution < 1.29 is 27.8 Å². The summed E-state index contributed by atoms with van der Waals surface area (Å²) >= 11 is 0. The first-order valence-corrected chi connectivity index (χ1v) is 20.7. The third kappa shape index (κ3) is 8.79. The van der Waals surface area contributed by atoms with Crippen LogP contribution in [0.3, 0.4) is 0 Å². The molecule has 0 saturated carbocycles. The van der Waals surface area contributed by atoms with E-state index in [-0.39, 0.29) is 23.8 Å². The number of hydrogen-bond acceptors (Lipinski definition) is 7. The van der Waals surface area contributed by atoms with Gasteiger partial charge in [-0.05, 0) is 72.0 Å². The van der Waals surface area contributed by atoms with Gasteiger partial charge in [0.25, 0.3) is 0 Å². The highest BCUT2D eigenvalue weighted by atomic mass is 32.2. The van der Waals surface area contributed by atoms with Gasteiger partial charge in [-0.3, -0.25) is 4.79 Å². The van der Waals surface area contributed by atoms with Gasteiger partial charge in [-0.25, -0.2) is 13.4 Å². The number of ether oxygens (including phenoxy) is 2. The maximum atomic E-state index is 14.1. The van der Waals surface area contributed by atoms with Crippen molar-refractivity contribution >= 4 is 32.7 Å². The van der Waals surface area contributed by atoms with Crippen LogP contribution in [0.2, 0.25) is 0 Å². The molecular formula is C47H44N4O6S. The van der Waals surface area contributed by atoms with Crippen molar-refractivity contribution in [1.82, 2.24) is 14.3 Å². The summed E-state index contributed by atoms with van der Waals surface area (Å²) in [5.41, 5.74) is 7.47. The minimum absolute atomic E-state index is 0.0742. The number of anilines is 1. The van der Waals surface area contributed by atoms with Crippen LogP contribution in [0.4, 0.5) is 5.69 Å². The third-order valence-corrected chi connectivity index (χ3v) is 12.0. The second kappa shape index (κ2) is 17.3. The number of aliphatic hydroxyl groups is 1. The van der Waals surface area contributed by atoms with Gasteiger partial charge in [0.05, 0.1) is 47.6 Å². The molecule has 1 fully saturated rings. The van der Waals surface area contributed by atoms with Gasteiger partial charge in [0.2, 0.25) is 15.9 Å². The fraction of sp³-hybridized carbons (Fsp3) is 0.191. The van der Waals surface area contributed by atoms with Crippen LogP contribution in [0.15, 0.2) is 169 Å². The third-order valence-electron chi connectivity index (χ3n) is 10.5. The number of para-hydroxylation sites is 2. The zero-order valence-corrected chi connectivity index (χ0v) is 32.7. The van der Waals surface area contributed by atoms with E-state index in [1.54, 1.807) is 24.3 Å². The van der Waals surface area contributed by atoms with Crippen molar-refractivity contribution in [2.45, 2.75) is 61.8 Å². The summed E-state index contributed by atoms with van der Waals surface area (Å²) in [6, 6.07) is 47.9. The van der Waals surface area contributed by atoms with Crippen LogP contribution in [0, 0.1) is 6.92 Å². The molecule has 0 aliphatic carbocycles. The van der Waals surface area contributed by atoms with E-state index in [4.69, 9.17) is 9.47 Å². The Bertz CT molecular complexity index is 2580. The number of hydrogen-bond donors (Lipinski definition) is 3. The van der Waals surface area contributed by atoms with Gasteiger partial charge in [-0.2, -0.15) is 4.72 Å². The van der Waals surface area contributed by atoms with Crippen LogP contribution in [0.1, 0.15) is 51.7 Å². The molecule has 7 aromatic rings. The van der Waals surface area contributed by atoms with E-state index in [1.807, 2.05) is 122 Å². The Labute approximate surface area is 338 Å². The van der Waals surface area contributed by atoms with Crippen molar-refractivity contribution in [3.8, 4) is 0 Å². The standard InChI is InChI=1S/C47H44N4O6S/c1-32-19-25-39(26-20-32)58(54,55)50-41(27-33-11-4-2-5-12-33)46(53)49-38-16-10-15-37(28-38)47-56-43(29-51-31-48-40-17-8-9-18-42(40)51)44(35-13-6-3-7-14-35)45(57-47)36-23-21-34(30-52)22-24-36/h2-26,28,31,41,43-45,47,50,52H,27,29-30H2,1H3,(H,49,53)/t41-,43-,44-,45+,47?/m1/s1. The van der Waals surface area contributed by atoms with Gasteiger partial charge in [0.15, 0.2) is 6.29 Å². The average molecular weight is 793 g/mol. The lowest BCUT2D eigenvalue weighted by molar-refractivity contribution is -0.263. The SMILES string of the molecule is Cc1ccc(S(=O)(=O)N[C@H](Cc2ccccc2)C(=O)Nc2cccc(C3O[C@H](Cn4cnc5ccccc54)[C@@H](c4ccccc4)[C@H](c4ccc(CO)cc4)O3)c2)cc1. The number of carbonyl (C=O) groups excluding carboxylic acids is 1. The number of aromatic nitrogens is 2. The van der Waals surface area contributed by atoms with Crippen molar-refractivity contribution in [2.24, 2.45) is 0 Å². The van der Waals surface area contributed by atoms with Gasteiger partial charge in [0.1, 0.15) is 6.04 Å². The number of rotatable bonds is 13. The van der Waals surface area contributed by atoms with Crippen molar-refractivity contribution in [1.29, 1.82) is 0 Å². The van der Waals surface area contributed by atoms with Crippen molar-refractivity contribution in [3.63, 3.8) is 0 Å². The van der Waals surface area contributed by atoms with Gasteiger partial charge >= 0.3 is 0 Å². The summed E-state index contributed by atoms with van der Waals surface area (Å²) in [6.07, 6.45) is 0.262. The molecule has 0 spiro atoms. The van der Waals surface area contributed by atoms with Gasteiger partial charge < -0.3 is 24.5 Å². The predicted octanol–water partition coefficient (Wildman–Crippen LogP) is 8.00. The van der Waals surface area contributed by atoms with Crippen molar-refractivity contribution in [3.05, 3.63) is 197 Å². The maximum Gasteiger partial charge on any atom is 0.242 e. The number of benzene rings is 6. The molecule has 1 amide bonds. The Hall–Kier alpha value is -5.95. The van der Waals surface area contributed by atoms with Crippen LogP contribution >= 0.6 is 0 Å². The molecule has 3 N–H and O–H groups in total. The van der Waals surface area contributed by atoms with Gasteiger partial charge in [-0.1, -0.05) is 127 Å². The molecule has 8 rings (SSSR count). The summed E-state index contributed by atoms with van der Waals surface area (Å²) in [7, 11) is -4.04. The highest BCUT2D eigenvalue weighted by Gasteiger charge is 2.42. The largest absolute Gasteiger partial charge is 0.392 e. The number of aliphatic hydroxyl groups excluding tert-OH is 1. The van der Waals surface area contributed by atoms with Crippen molar-refractivity contribution in [2.75, 3.05) is 5.32 Å². The van der Waals surface area contributed by atoms with E-state index in [0.717, 1.165) is 38.9 Å². The number of sulfonamides is 1. The molecule has 1 aliphatic heterocycles. The van der Waals surface area contributed by atoms with E-state index in [0.29, 0.717) is 17.8 Å². The zero-order valence-electron chi connectivity index (χ0n) is 31.9. The Kier molecular flexibility index (Phi) is 11.6. The van der Waals surface area contributed by atoms with Crippen LogP contribution in [-0.4, -0.2) is 41.1 Å². The molecule has 1 aliphatic rings. The van der Waals surface area contributed by atoms with Crippen LogP contribution in [0.5, 0.6) is 0 Å². The topological polar surface area (TPSA) is 132 Å². The second-order valence-corrected chi connectivity index (χ2v) is 16.3. The fourth-order valence-electron chi connectivity index (χ4n) is 7.52. The minimum Gasteiger partial charge on any atom is -0.392 e. The molecule has 6 aromatic carbocycles. The number of fused-ring (bicyclic) bond motifs is 1. The summed E-state index contributed by atoms with van der Waals surface area (Å²) in [5.74, 6) is -0.750. The Morgan fingerprint density at radius 1 is 0.759 bits per heavy atom. The number of aryl methyl sites for hydroxylation is 1. The van der Waals surface area contributed by atoms with Crippen LogP contribution in [-0.2, 0) is 43.9 Å². The van der Waals surface area contributed by atoms with E-state index in [1.165, 1.54) is 12.1 Å². The number of amides is 1. The molecule has 294 valence electrons. The summed E-state index contributed by atoms with van der Waals surface area (Å²) < 4.78 is 45.7. The smallest absolute Gasteiger partial charge is 0.242 e. The number of imidazole rings is 1. The first-order chi connectivity index (χ1) is 28.2. The van der Waals surface area contributed by atoms with E-state index < -0.39 is 40.5 Å². The molecule has 11 heteroatoms. The maximum absolute atomic E-state index is 14.1. The van der Waals surface area contributed by atoms with E-state index >= 15 is 0 Å². The zero-order chi connectivity index (χ0) is 40.1. The Morgan fingerprint density at radius 3 is 2.19 bits per heavy atom. The Morgan fingerprint density at radius 2 is 1.45 bits per heavy atom. The molecule has 1 aromatic heterocycles. The first kappa shape index (κ1) is 38.9. The van der Waals surface area contributed by atoms with Gasteiger partial charge in [0, 0.05) is 17.2 Å². The summed E-state index contributed by atoms with van der Waals surface area (Å²) in [6.45, 7) is 2.28. The molecule has 10 nitrogen and oxygen atoms in total. The summed E-state index contributed by atoms with van der Waals surface area (Å²) in [5, 5.41) is 12.8. The summed E-state index contributed by atoms with van der Waals surface area (Å²) in [4.78, 5) is 18.8. The predicted molar refractivity (Wildman–Crippen MR) is 223 cm³/mol. The second-order valence-electron chi connectivity index (χ2n) is 14.6. The lowest BCUT2D eigenvalue weighted by atomic mass is 9.83. The normalized spacial score (nSPS) is 18.8. The van der Waals surface area contributed by atoms with E-state index in [2.05, 4.69) is 31.7 Å². The minimum atomic E-state index is -4.04. The highest BCUT2D eigenvalue weighted by molar-refractivity contribution is 7.89. The molecular weight excluding hydrogens is 749 g/mol. The molecule has 5 atom stereocenters. The highest BCUT2D eigenvalue weighted by Crippen LogP contribution is 2.47. The molecule has 1 unspecified atom stereocenters. The van der Waals surface area contributed by atoms with Crippen LogP contribution < -0.4 is 10.0 Å². The fourth-order valence-corrected chi connectivity index (χ4v) is 8.71. The Balaban J connectivity index is 1.11. The molecule has 1 saturated heterocycles. The lowest BCUT2D eigenvalue weighted by Crippen LogP contribution is -2.45. The lowest BCUT2D eigenvalue weighted by Gasteiger charge is -2.43. The molecule has 0 bridgehead atoms. The monoisotopic (exact) mass is 792 g/mol. The molecule has 2 heterocycles. The van der Waals surface area contributed by atoms with Crippen LogP contribution in [0.25, 0.3) is 11.0 Å².